The zero-order valence-corrected chi connectivity index (χ0v) is 16.5. The molecule has 0 aliphatic carbocycles. The second-order valence-electron chi connectivity index (χ2n) is 5.59. The van der Waals surface area contributed by atoms with Crippen molar-refractivity contribution < 1.29 is 23.9 Å². The third-order valence-corrected chi connectivity index (χ3v) is 4.22. The second-order valence-corrected chi connectivity index (χ2v) is 6.44. The molecule has 9 heteroatoms. The number of esters is 2. The molecule has 0 radical (unpaired) electrons. The van der Waals surface area contributed by atoms with Crippen molar-refractivity contribution in [3.05, 3.63) is 50.8 Å². The highest BCUT2D eigenvalue weighted by Crippen LogP contribution is 2.25. The summed E-state index contributed by atoms with van der Waals surface area (Å²) >= 11 is 11.8. The molecule has 0 aliphatic heterocycles. The van der Waals surface area contributed by atoms with Crippen LogP contribution in [0.5, 0.6) is 0 Å². The molecule has 1 aromatic carbocycles. The molecule has 0 atom stereocenters. The topological polar surface area (TPSA) is 97.5 Å². The van der Waals surface area contributed by atoms with Gasteiger partial charge in [-0.1, -0.05) is 23.2 Å². The maximum Gasteiger partial charge on any atom is 0.355 e. The summed E-state index contributed by atoms with van der Waals surface area (Å²) in [5.74, 6) is -1.88. The number of aryl methyl sites for hydroxylation is 1. The number of anilines is 1. The number of aromatic nitrogens is 1. The van der Waals surface area contributed by atoms with Crippen LogP contribution in [0.4, 0.5) is 5.69 Å². The number of hydrogen-bond donors (Lipinski definition) is 2. The molecule has 0 saturated heterocycles. The number of benzene rings is 1. The van der Waals surface area contributed by atoms with E-state index in [1.54, 1.807) is 26.8 Å². The minimum atomic E-state index is -0.765. The molecule has 7 nitrogen and oxygen atoms in total. The van der Waals surface area contributed by atoms with E-state index in [0.717, 1.165) is 0 Å². The Labute approximate surface area is 165 Å². The van der Waals surface area contributed by atoms with Crippen molar-refractivity contribution in [1.82, 2.24) is 4.98 Å². The molecule has 0 unspecified atom stereocenters. The average Bonchev–Trinajstić information content (AvgIpc) is 2.91. The first kappa shape index (κ1) is 20.8. The predicted molar refractivity (Wildman–Crippen MR) is 102 cm³/mol. The van der Waals surface area contributed by atoms with Crippen LogP contribution in [-0.4, -0.2) is 36.0 Å². The van der Waals surface area contributed by atoms with Gasteiger partial charge in [0.1, 0.15) is 5.69 Å². The average molecular weight is 413 g/mol. The van der Waals surface area contributed by atoms with Crippen molar-refractivity contribution in [2.75, 3.05) is 18.5 Å². The van der Waals surface area contributed by atoms with E-state index in [0.29, 0.717) is 27.0 Å². The Morgan fingerprint density at radius 3 is 2.48 bits per heavy atom. The lowest BCUT2D eigenvalue weighted by Crippen LogP contribution is -2.21. The van der Waals surface area contributed by atoms with E-state index in [9.17, 15) is 14.4 Å². The Hall–Kier alpha value is -2.51. The molecule has 0 spiro atoms. The van der Waals surface area contributed by atoms with Crippen LogP contribution in [0.1, 0.15) is 39.0 Å². The van der Waals surface area contributed by atoms with Crippen LogP contribution in [0.3, 0.4) is 0 Å². The Morgan fingerprint density at radius 2 is 1.81 bits per heavy atom. The van der Waals surface area contributed by atoms with Crippen molar-refractivity contribution >= 4 is 46.7 Å². The van der Waals surface area contributed by atoms with E-state index in [2.05, 4.69) is 10.3 Å². The van der Waals surface area contributed by atoms with Crippen LogP contribution in [0.25, 0.3) is 0 Å². The van der Waals surface area contributed by atoms with Crippen LogP contribution >= 0.6 is 23.2 Å². The number of nitrogens with one attached hydrogen (secondary N) is 2. The standard InChI is InChI=1S/C18H18Cl2N2O5/c1-4-26-17(24)15-9(2)16(21-10(15)3)18(25)27-8-14(23)22-13-7-11(19)5-6-12(13)20/h5-7,21H,4,8H2,1-3H3,(H,22,23). The maximum absolute atomic E-state index is 12.3. The fourth-order valence-electron chi connectivity index (χ4n) is 2.45. The highest BCUT2D eigenvalue weighted by atomic mass is 35.5. The Bertz CT molecular complexity index is 892. The molecule has 1 amide bonds. The molecule has 0 aliphatic rings. The first-order valence-corrected chi connectivity index (χ1v) is 8.78. The summed E-state index contributed by atoms with van der Waals surface area (Å²) in [4.78, 5) is 39.0. The molecule has 144 valence electrons. The van der Waals surface area contributed by atoms with Gasteiger partial charge in [0, 0.05) is 10.7 Å². The Morgan fingerprint density at radius 1 is 1.11 bits per heavy atom. The van der Waals surface area contributed by atoms with E-state index in [1.165, 1.54) is 12.1 Å². The number of halogens is 2. The molecular formula is C18H18Cl2N2O5. The van der Waals surface area contributed by atoms with E-state index in [4.69, 9.17) is 32.7 Å². The van der Waals surface area contributed by atoms with E-state index >= 15 is 0 Å². The SMILES string of the molecule is CCOC(=O)c1c(C)[nH]c(C(=O)OCC(=O)Nc2cc(Cl)ccc2Cl)c1C. The van der Waals surface area contributed by atoms with E-state index in [1.807, 2.05) is 0 Å². The van der Waals surface area contributed by atoms with Crippen LogP contribution in [0, 0.1) is 13.8 Å². The molecule has 0 saturated carbocycles. The fourth-order valence-corrected chi connectivity index (χ4v) is 2.78. The maximum atomic E-state index is 12.3. The molecule has 2 aromatic rings. The number of carbonyl (C=O) groups is 3. The lowest BCUT2D eigenvalue weighted by Gasteiger charge is -2.08. The predicted octanol–water partition coefficient (Wildman–Crippen LogP) is 3.91. The number of aromatic amines is 1. The molecule has 0 fully saturated rings. The summed E-state index contributed by atoms with van der Waals surface area (Å²) in [7, 11) is 0. The number of hydrogen-bond acceptors (Lipinski definition) is 5. The van der Waals surface area contributed by atoms with Gasteiger partial charge in [-0.2, -0.15) is 0 Å². The number of rotatable bonds is 6. The number of amides is 1. The third-order valence-electron chi connectivity index (χ3n) is 3.66. The van der Waals surface area contributed by atoms with Crippen LogP contribution in [0.15, 0.2) is 18.2 Å². The molecule has 1 heterocycles. The number of ether oxygens (including phenoxy) is 2. The molecule has 2 N–H and O–H groups in total. The van der Waals surface area contributed by atoms with Crippen LogP contribution in [0.2, 0.25) is 10.0 Å². The summed E-state index contributed by atoms with van der Waals surface area (Å²) in [6.45, 7) is 4.61. The van der Waals surface area contributed by atoms with Gasteiger partial charge in [0.15, 0.2) is 6.61 Å². The monoisotopic (exact) mass is 412 g/mol. The van der Waals surface area contributed by atoms with Gasteiger partial charge in [0.25, 0.3) is 5.91 Å². The summed E-state index contributed by atoms with van der Waals surface area (Å²) in [5, 5.41) is 3.21. The van der Waals surface area contributed by atoms with E-state index < -0.39 is 24.5 Å². The molecule has 0 bridgehead atoms. The van der Waals surface area contributed by atoms with Gasteiger partial charge in [-0.05, 0) is 44.5 Å². The van der Waals surface area contributed by atoms with Crippen LogP contribution in [-0.2, 0) is 14.3 Å². The summed E-state index contributed by atoms with van der Waals surface area (Å²) < 4.78 is 9.98. The number of carbonyl (C=O) groups excluding carboxylic acids is 3. The third kappa shape index (κ3) is 5.02. The summed E-state index contributed by atoms with van der Waals surface area (Å²) in [6, 6.07) is 4.60. The molecule has 27 heavy (non-hydrogen) atoms. The normalized spacial score (nSPS) is 10.4. The quantitative estimate of drug-likeness (QED) is 0.700. The van der Waals surface area contributed by atoms with Crippen molar-refractivity contribution in [2.24, 2.45) is 0 Å². The molecule has 2 rings (SSSR count). The summed E-state index contributed by atoms with van der Waals surface area (Å²) in [6.07, 6.45) is 0. The minimum absolute atomic E-state index is 0.0872. The van der Waals surface area contributed by atoms with Gasteiger partial charge >= 0.3 is 11.9 Å². The van der Waals surface area contributed by atoms with Crippen molar-refractivity contribution in [2.45, 2.75) is 20.8 Å². The van der Waals surface area contributed by atoms with Gasteiger partial charge in [0.2, 0.25) is 0 Å². The molecular weight excluding hydrogens is 395 g/mol. The lowest BCUT2D eigenvalue weighted by atomic mass is 10.1. The summed E-state index contributed by atoms with van der Waals surface area (Å²) in [5.41, 5.74) is 1.55. The first-order chi connectivity index (χ1) is 12.7. The van der Waals surface area contributed by atoms with E-state index in [-0.39, 0.29) is 17.9 Å². The van der Waals surface area contributed by atoms with Crippen molar-refractivity contribution in [3.8, 4) is 0 Å². The van der Waals surface area contributed by atoms with Crippen LogP contribution < -0.4 is 5.32 Å². The fraction of sp³-hybridized carbons (Fsp3) is 0.278. The van der Waals surface area contributed by atoms with Gasteiger partial charge < -0.3 is 19.8 Å². The van der Waals surface area contributed by atoms with Gasteiger partial charge in [-0.3, -0.25) is 4.79 Å². The van der Waals surface area contributed by atoms with Gasteiger partial charge in [-0.15, -0.1) is 0 Å². The number of H-pyrrole nitrogens is 1. The smallest absolute Gasteiger partial charge is 0.355 e. The highest BCUT2D eigenvalue weighted by Gasteiger charge is 2.24. The largest absolute Gasteiger partial charge is 0.462 e. The second kappa shape index (κ2) is 8.92. The molecule has 1 aromatic heterocycles. The van der Waals surface area contributed by atoms with Crippen molar-refractivity contribution in [1.29, 1.82) is 0 Å². The Kier molecular flexibility index (Phi) is 6.87. The minimum Gasteiger partial charge on any atom is -0.462 e. The lowest BCUT2D eigenvalue weighted by molar-refractivity contribution is -0.119. The zero-order valence-electron chi connectivity index (χ0n) is 14.9. The van der Waals surface area contributed by atoms with Crippen molar-refractivity contribution in [3.63, 3.8) is 0 Å². The van der Waals surface area contributed by atoms with Gasteiger partial charge in [0.05, 0.1) is 22.9 Å². The Balaban J connectivity index is 2.03. The van der Waals surface area contributed by atoms with Gasteiger partial charge in [-0.25, -0.2) is 9.59 Å². The highest BCUT2D eigenvalue weighted by molar-refractivity contribution is 6.35. The zero-order chi connectivity index (χ0) is 20.1. The first-order valence-electron chi connectivity index (χ1n) is 8.02.